The Bertz CT molecular complexity index is 1110. The van der Waals surface area contributed by atoms with E-state index >= 15 is 0 Å². The van der Waals surface area contributed by atoms with E-state index in [9.17, 15) is 27.2 Å². The average molecular weight is 416 g/mol. The number of carbonyl (C=O) groups excluding carboxylic acids is 1. The monoisotopic (exact) mass is 415 g/mol. The lowest BCUT2D eigenvalue weighted by molar-refractivity contribution is -0.136. The molecule has 5 nitrogen and oxygen atoms in total. The van der Waals surface area contributed by atoms with Crippen LogP contribution in [0.25, 0.3) is 11.0 Å². The molecular formula is C18H10ClF4NO4. The fourth-order valence-electron chi connectivity index (χ4n) is 2.39. The van der Waals surface area contributed by atoms with Gasteiger partial charge in [-0.15, -0.1) is 0 Å². The lowest BCUT2D eigenvalue weighted by atomic mass is 10.1. The third-order valence-electron chi connectivity index (χ3n) is 3.59. The van der Waals surface area contributed by atoms with Crippen molar-refractivity contribution in [2.45, 2.75) is 6.18 Å². The van der Waals surface area contributed by atoms with Crippen molar-refractivity contribution < 1.29 is 31.5 Å². The molecule has 2 aromatic carbocycles. The SMILES string of the molecule is O=C(COc1ccc2c(C(F)(F)F)cc(=O)oc2c1)Nc1ccc(F)c(Cl)c1. The maximum Gasteiger partial charge on any atom is 0.417 e. The van der Waals surface area contributed by atoms with Gasteiger partial charge in [-0.1, -0.05) is 11.6 Å². The van der Waals surface area contributed by atoms with Crippen molar-refractivity contribution in [3.63, 3.8) is 0 Å². The van der Waals surface area contributed by atoms with Crippen molar-refractivity contribution in [1.29, 1.82) is 0 Å². The maximum absolute atomic E-state index is 13.1. The highest BCUT2D eigenvalue weighted by Crippen LogP contribution is 2.34. The first kappa shape index (κ1) is 19.7. The Hall–Kier alpha value is -3.07. The summed E-state index contributed by atoms with van der Waals surface area (Å²) in [5, 5.41) is 1.93. The molecule has 1 N–H and O–H groups in total. The molecular weight excluding hydrogens is 406 g/mol. The van der Waals surface area contributed by atoms with E-state index in [1.54, 1.807) is 0 Å². The summed E-state index contributed by atoms with van der Waals surface area (Å²) < 4.78 is 62.1. The minimum absolute atomic E-state index is 0.0160. The van der Waals surface area contributed by atoms with E-state index in [0.29, 0.717) is 6.07 Å². The van der Waals surface area contributed by atoms with Crippen molar-refractivity contribution in [1.82, 2.24) is 0 Å². The van der Waals surface area contributed by atoms with Crippen molar-refractivity contribution in [3.05, 3.63) is 69.3 Å². The third-order valence-corrected chi connectivity index (χ3v) is 3.88. The molecule has 0 atom stereocenters. The van der Waals surface area contributed by atoms with E-state index in [1.165, 1.54) is 18.2 Å². The number of alkyl halides is 3. The van der Waals surface area contributed by atoms with Crippen LogP contribution in [0.5, 0.6) is 5.75 Å². The minimum atomic E-state index is -4.73. The Labute approximate surface area is 159 Å². The lowest BCUT2D eigenvalue weighted by Gasteiger charge is -2.11. The van der Waals surface area contributed by atoms with Gasteiger partial charge in [-0.05, 0) is 30.3 Å². The maximum atomic E-state index is 13.1. The molecule has 146 valence electrons. The number of anilines is 1. The van der Waals surface area contributed by atoms with Crippen LogP contribution in [-0.2, 0) is 11.0 Å². The van der Waals surface area contributed by atoms with Gasteiger partial charge in [0.15, 0.2) is 6.61 Å². The van der Waals surface area contributed by atoms with Crippen LogP contribution in [-0.4, -0.2) is 12.5 Å². The van der Waals surface area contributed by atoms with Crippen LogP contribution in [0.4, 0.5) is 23.2 Å². The quantitative estimate of drug-likeness (QED) is 0.498. The molecule has 0 unspecified atom stereocenters. The summed E-state index contributed by atoms with van der Waals surface area (Å²) >= 11 is 5.61. The van der Waals surface area contributed by atoms with Gasteiger partial charge >= 0.3 is 11.8 Å². The highest BCUT2D eigenvalue weighted by atomic mass is 35.5. The molecule has 0 aliphatic heterocycles. The van der Waals surface area contributed by atoms with Gasteiger partial charge in [-0.2, -0.15) is 13.2 Å². The standard InChI is InChI=1S/C18H10ClF4NO4/c19-13-5-9(1-4-14(13)20)24-16(25)8-27-10-2-3-11-12(18(21,22)23)7-17(26)28-15(11)6-10/h1-7H,8H2,(H,24,25). The first-order valence-corrected chi connectivity index (χ1v) is 8.04. The first-order valence-electron chi connectivity index (χ1n) is 7.66. The van der Waals surface area contributed by atoms with Gasteiger partial charge in [0, 0.05) is 23.2 Å². The van der Waals surface area contributed by atoms with Crippen molar-refractivity contribution >= 4 is 34.2 Å². The van der Waals surface area contributed by atoms with Crippen molar-refractivity contribution in [2.24, 2.45) is 0 Å². The lowest BCUT2D eigenvalue weighted by Crippen LogP contribution is -2.20. The number of hydrogen-bond acceptors (Lipinski definition) is 4. The third kappa shape index (κ3) is 4.42. The summed E-state index contributed by atoms with van der Waals surface area (Å²) in [4.78, 5) is 23.3. The number of benzene rings is 2. The van der Waals surface area contributed by atoms with Gasteiger partial charge in [0.2, 0.25) is 0 Å². The summed E-state index contributed by atoms with van der Waals surface area (Å²) in [6.45, 7) is -0.496. The topological polar surface area (TPSA) is 68.5 Å². The number of ether oxygens (including phenoxy) is 1. The molecule has 28 heavy (non-hydrogen) atoms. The van der Waals surface area contributed by atoms with Gasteiger partial charge in [0.1, 0.15) is 17.1 Å². The van der Waals surface area contributed by atoms with Gasteiger partial charge in [0.05, 0.1) is 10.6 Å². The van der Waals surface area contributed by atoms with Crippen LogP contribution in [0, 0.1) is 5.82 Å². The molecule has 10 heteroatoms. The Balaban J connectivity index is 1.75. The second-order valence-electron chi connectivity index (χ2n) is 5.60. The molecule has 0 saturated carbocycles. The second kappa shape index (κ2) is 7.51. The fourth-order valence-corrected chi connectivity index (χ4v) is 2.57. The van der Waals surface area contributed by atoms with Gasteiger partial charge < -0.3 is 14.5 Å². The summed E-state index contributed by atoms with van der Waals surface area (Å²) in [5.41, 5.74) is -2.39. The highest BCUT2D eigenvalue weighted by Gasteiger charge is 2.33. The number of hydrogen-bond donors (Lipinski definition) is 1. The summed E-state index contributed by atoms with van der Waals surface area (Å²) in [6.07, 6.45) is -4.73. The zero-order chi connectivity index (χ0) is 20.5. The minimum Gasteiger partial charge on any atom is -0.484 e. The van der Waals surface area contributed by atoms with E-state index in [-0.39, 0.29) is 27.4 Å². The number of fused-ring (bicyclic) bond motifs is 1. The predicted octanol–water partition coefficient (Wildman–Crippen LogP) is 4.62. The Kier molecular flexibility index (Phi) is 5.28. The molecule has 0 spiro atoms. The van der Waals surface area contributed by atoms with Crippen molar-refractivity contribution in [2.75, 3.05) is 11.9 Å². The Morgan fingerprint density at radius 2 is 1.89 bits per heavy atom. The summed E-state index contributed by atoms with van der Waals surface area (Å²) in [5.74, 6) is -1.25. The van der Waals surface area contributed by atoms with E-state index < -0.39 is 35.7 Å². The van der Waals surface area contributed by atoms with E-state index in [1.807, 2.05) is 0 Å². The smallest absolute Gasteiger partial charge is 0.417 e. The molecule has 0 radical (unpaired) electrons. The first-order chi connectivity index (χ1) is 13.1. The zero-order valence-electron chi connectivity index (χ0n) is 13.8. The van der Waals surface area contributed by atoms with Gasteiger partial charge in [-0.3, -0.25) is 4.79 Å². The van der Waals surface area contributed by atoms with Gasteiger partial charge in [-0.25, -0.2) is 9.18 Å². The Morgan fingerprint density at radius 3 is 2.57 bits per heavy atom. The number of halogens is 5. The molecule has 1 aromatic heterocycles. The second-order valence-corrected chi connectivity index (χ2v) is 6.01. The molecule has 0 fully saturated rings. The fraction of sp³-hybridized carbons (Fsp3) is 0.111. The molecule has 0 aliphatic carbocycles. The molecule has 1 heterocycles. The van der Waals surface area contributed by atoms with E-state index in [4.69, 9.17) is 20.8 Å². The molecule has 0 bridgehead atoms. The normalized spacial score (nSPS) is 11.5. The van der Waals surface area contributed by atoms with Crippen LogP contribution < -0.4 is 15.7 Å². The molecule has 3 aromatic rings. The number of carbonyl (C=O) groups is 1. The van der Waals surface area contributed by atoms with Crippen LogP contribution in [0.15, 0.2) is 51.7 Å². The number of rotatable bonds is 4. The zero-order valence-corrected chi connectivity index (χ0v) is 14.5. The van der Waals surface area contributed by atoms with E-state index in [0.717, 1.165) is 18.2 Å². The number of amides is 1. The molecule has 0 aliphatic rings. The van der Waals surface area contributed by atoms with E-state index in [2.05, 4.69) is 5.32 Å². The summed E-state index contributed by atoms with van der Waals surface area (Å²) in [6, 6.07) is 7.30. The van der Waals surface area contributed by atoms with Crippen molar-refractivity contribution in [3.8, 4) is 5.75 Å². The molecule has 0 saturated heterocycles. The van der Waals surface area contributed by atoms with Crippen LogP contribution in [0.1, 0.15) is 5.56 Å². The summed E-state index contributed by atoms with van der Waals surface area (Å²) in [7, 11) is 0. The predicted molar refractivity (Wildman–Crippen MR) is 93.0 cm³/mol. The average Bonchev–Trinajstić information content (AvgIpc) is 2.61. The van der Waals surface area contributed by atoms with Crippen LogP contribution >= 0.6 is 11.6 Å². The largest absolute Gasteiger partial charge is 0.484 e. The highest BCUT2D eigenvalue weighted by molar-refractivity contribution is 6.31. The molecule has 1 amide bonds. The molecule has 3 rings (SSSR count). The Morgan fingerprint density at radius 1 is 1.14 bits per heavy atom. The van der Waals surface area contributed by atoms with Crippen LogP contribution in [0.3, 0.4) is 0 Å². The van der Waals surface area contributed by atoms with Crippen LogP contribution in [0.2, 0.25) is 5.02 Å². The van der Waals surface area contributed by atoms with Gasteiger partial charge in [0.25, 0.3) is 5.91 Å². The number of nitrogens with one attached hydrogen (secondary N) is 1.